The lowest BCUT2D eigenvalue weighted by molar-refractivity contribution is 0.102. The molecule has 0 unspecified atom stereocenters. The molecule has 2 aromatic heterocycles. The van der Waals surface area contributed by atoms with Gasteiger partial charge in [0.15, 0.2) is 0 Å². The number of nitrogens with zero attached hydrogens (tertiary/aromatic N) is 4. The van der Waals surface area contributed by atoms with Crippen molar-refractivity contribution in [1.82, 2.24) is 19.5 Å². The normalized spacial score (nSPS) is 11.7. The summed E-state index contributed by atoms with van der Waals surface area (Å²) in [5, 5.41) is 0. The van der Waals surface area contributed by atoms with Gasteiger partial charge in [0.2, 0.25) is 5.88 Å². The molecule has 0 amide bonds. The van der Waals surface area contributed by atoms with Crippen molar-refractivity contribution in [2.45, 2.75) is 13.3 Å². The van der Waals surface area contributed by atoms with Gasteiger partial charge in [-0.3, -0.25) is 4.57 Å². The summed E-state index contributed by atoms with van der Waals surface area (Å²) in [6.45, 7) is 1.97. The van der Waals surface area contributed by atoms with E-state index in [0.717, 1.165) is 28.2 Å². The van der Waals surface area contributed by atoms with Gasteiger partial charge in [-0.05, 0) is 13.0 Å². The van der Waals surface area contributed by atoms with Crippen LogP contribution in [0.25, 0.3) is 16.9 Å². The second-order valence-corrected chi connectivity index (χ2v) is 5.24. The number of para-hydroxylation sites is 1. The van der Waals surface area contributed by atoms with E-state index in [1.165, 1.54) is 6.33 Å². The van der Waals surface area contributed by atoms with E-state index in [2.05, 4.69) is 15.0 Å². The average Bonchev–Trinajstić information content (AvgIpc) is 2.91. The van der Waals surface area contributed by atoms with Gasteiger partial charge in [-0.15, -0.1) is 0 Å². The zero-order valence-corrected chi connectivity index (χ0v) is 13.0. The zero-order valence-electron chi connectivity index (χ0n) is 13.0. The number of carbonyl (C=O) groups excluding carboxylic acids is 1. The van der Waals surface area contributed by atoms with E-state index in [-0.39, 0.29) is 12.5 Å². The largest absolute Gasteiger partial charge is 0.515 e. The lowest BCUT2D eigenvalue weighted by Gasteiger charge is -2.09. The van der Waals surface area contributed by atoms with Crippen molar-refractivity contribution in [2.75, 3.05) is 6.61 Å². The van der Waals surface area contributed by atoms with Crippen LogP contribution in [0.4, 0.5) is 4.79 Å². The minimum absolute atomic E-state index is 0.236. The van der Waals surface area contributed by atoms with E-state index in [4.69, 9.17) is 9.47 Å². The van der Waals surface area contributed by atoms with Crippen molar-refractivity contribution >= 4 is 6.16 Å². The fraction of sp³-hybridized carbons (Fsp3) is 0.176. The number of ether oxygens (including phenoxy) is 2. The summed E-state index contributed by atoms with van der Waals surface area (Å²) in [7, 11) is 0. The van der Waals surface area contributed by atoms with Gasteiger partial charge < -0.3 is 9.47 Å². The van der Waals surface area contributed by atoms with Gasteiger partial charge in [0.25, 0.3) is 0 Å². The number of imidazole rings is 1. The first-order chi connectivity index (χ1) is 11.8. The summed E-state index contributed by atoms with van der Waals surface area (Å²) < 4.78 is 12.0. The highest BCUT2D eigenvalue weighted by atomic mass is 16.7. The van der Waals surface area contributed by atoms with Crippen LogP contribution in [-0.4, -0.2) is 32.3 Å². The number of benzene rings is 1. The number of hydrogen-bond donors (Lipinski definition) is 0. The highest BCUT2D eigenvalue weighted by Gasteiger charge is 2.25. The Balaban J connectivity index is 1.87. The van der Waals surface area contributed by atoms with Gasteiger partial charge in [-0.1, -0.05) is 18.2 Å². The fourth-order valence-corrected chi connectivity index (χ4v) is 2.83. The van der Waals surface area contributed by atoms with Crippen LogP contribution >= 0.6 is 0 Å². The van der Waals surface area contributed by atoms with Crippen molar-refractivity contribution in [3.63, 3.8) is 0 Å². The Bertz CT molecular complexity index is 920. The van der Waals surface area contributed by atoms with Crippen LogP contribution in [-0.2, 0) is 11.2 Å². The van der Waals surface area contributed by atoms with Crippen LogP contribution in [0.15, 0.2) is 43.1 Å². The van der Waals surface area contributed by atoms with Crippen molar-refractivity contribution in [1.29, 1.82) is 0 Å². The van der Waals surface area contributed by atoms with E-state index in [1.54, 1.807) is 19.4 Å². The predicted molar refractivity (Wildman–Crippen MR) is 85.0 cm³/mol. The minimum Gasteiger partial charge on any atom is -0.434 e. The Morgan fingerprint density at radius 3 is 3.04 bits per heavy atom. The standard InChI is InChI=1S/C17H14N4O3/c1-2-23-17(22)24-16-14-7-11-8-18-9-19-15(11)12-5-3-4-6-13(12)21(14)10-20-16/h3-6,8-10H,2,7H2,1H3. The molecule has 1 aromatic carbocycles. The molecule has 0 radical (unpaired) electrons. The first-order valence-electron chi connectivity index (χ1n) is 7.57. The summed E-state index contributed by atoms with van der Waals surface area (Å²) in [5.41, 5.74) is 4.47. The molecule has 7 nitrogen and oxygen atoms in total. The molecule has 3 heterocycles. The van der Waals surface area contributed by atoms with Gasteiger partial charge in [0.1, 0.15) is 12.7 Å². The van der Waals surface area contributed by atoms with Crippen LogP contribution in [0.3, 0.4) is 0 Å². The van der Waals surface area contributed by atoms with Crippen LogP contribution in [0.5, 0.6) is 5.88 Å². The van der Waals surface area contributed by atoms with Crippen molar-refractivity contribution in [3.05, 3.63) is 54.4 Å². The second-order valence-electron chi connectivity index (χ2n) is 5.24. The van der Waals surface area contributed by atoms with Gasteiger partial charge in [0, 0.05) is 23.7 Å². The van der Waals surface area contributed by atoms with Gasteiger partial charge >= 0.3 is 6.16 Å². The molecule has 24 heavy (non-hydrogen) atoms. The van der Waals surface area contributed by atoms with Gasteiger partial charge in [-0.2, -0.15) is 0 Å². The Morgan fingerprint density at radius 2 is 2.17 bits per heavy atom. The van der Waals surface area contributed by atoms with E-state index in [9.17, 15) is 4.79 Å². The summed E-state index contributed by atoms with van der Waals surface area (Å²) >= 11 is 0. The molecule has 0 atom stereocenters. The Labute approximate surface area is 137 Å². The highest BCUT2D eigenvalue weighted by molar-refractivity contribution is 5.75. The molecular weight excluding hydrogens is 308 g/mol. The molecule has 4 rings (SSSR count). The molecule has 1 aliphatic heterocycles. The third kappa shape index (κ3) is 2.30. The first-order valence-corrected chi connectivity index (χ1v) is 7.57. The summed E-state index contributed by atoms with van der Waals surface area (Å²) in [4.78, 5) is 24.4. The Hall–Kier alpha value is -3.22. The summed E-state index contributed by atoms with van der Waals surface area (Å²) in [6, 6.07) is 7.89. The third-order valence-electron chi connectivity index (χ3n) is 3.83. The first kappa shape index (κ1) is 14.4. The van der Waals surface area contributed by atoms with E-state index >= 15 is 0 Å². The predicted octanol–water partition coefficient (Wildman–Crippen LogP) is 2.77. The maximum atomic E-state index is 11.7. The van der Waals surface area contributed by atoms with Crippen LogP contribution in [0.2, 0.25) is 0 Å². The molecule has 0 fully saturated rings. The average molecular weight is 322 g/mol. The lowest BCUT2D eigenvalue weighted by Crippen LogP contribution is -2.12. The third-order valence-corrected chi connectivity index (χ3v) is 3.83. The van der Waals surface area contributed by atoms with Crippen molar-refractivity contribution in [3.8, 4) is 22.8 Å². The van der Waals surface area contributed by atoms with E-state index in [1.807, 2.05) is 28.8 Å². The summed E-state index contributed by atoms with van der Waals surface area (Å²) in [6.07, 6.45) is 4.68. The molecule has 3 aromatic rings. The molecule has 0 bridgehead atoms. The fourth-order valence-electron chi connectivity index (χ4n) is 2.83. The number of aromatic nitrogens is 4. The number of carbonyl (C=O) groups is 1. The lowest BCUT2D eigenvalue weighted by atomic mass is 10.0. The molecule has 0 aliphatic carbocycles. The smallest absolute Gasteiger partial charge is 0.434 e. The van der Waals surface area contributed by atoms with Crippen LogP contribution in [0, 0.1) is 0 Å². The number of rotatable bonds is 2. The topological polar surface area (TPSA) is 79.1 Å². The molecule has 120 valence electrons. The Kier molecular flexibility index (Phi) is 3.45. The SMILES string of the molecule is CCOC(=O)Oc1ncn2c1Cc1cncnc1-c1ccccc1-2. The van der Waals surface area contributed by atoms with Gasteiger partial charge in [-0.25, -0.2) is 19.7 Å². The Morgan fingerprint density at radius 1 is 1.29 bits per heavy atom. The van der Waals surface area contributed by atoms with Crippen molar-refractivity contribution in [2.24, 2.45) is 0 Å². The monoisotopic (exact) mass is 322 g/mol. The number of hydrogen-bond acceptors (Lipinski definition) is 6. The van der Waals surface area contributed by atoms with Crippen LogP contribution in [0.1, 0.15) is 18.2 Å². The molecule has 0 saturated carbocycles. The molecule has 0 N–H and O–H groups in total. The van der Waals surface area contributed by atoms with Crippen molar-refractivity contribution < 1.29 is 14.3 Å². The van der Waals surface area contributed by atoms with E-state index in [0.29, 0.717) is 6.42 Å². The minimum atomic E-state index is -0.763. The summed E-state index contributed by atoms with van der Waals surface area (Å²) in [5.74, 6) is 0.236. The quantitative estimate of drug-likeness (QED) is 0.528. The maximum Gasteiger partial charge on any atom is 0.515 e. The molecule has 0 spiro atoms. The maximum absolute atomic E-state index is 11.7. The van der Waals surface area contributed by atoms with Gasteiger partial charge in [0.05, 0.1) is 23.7 Å². The zero-order chi connectivity index (χ0) is 16.5. The van der Waals surface area contributed by atoms with E-state index < -0.39 is 6.16 Å². The number of fused-ring (bicyclic) bond motifs is 5. The second kappa shape index (κ2) is 5.77. The molecule has 0 saturated heterocycles. The highest BCUT2D eigenvalue weighted by Crippen LogP contribution is 2.35. The molecule has 7 heteroatoms. The molecule has 1 aliphatic rings. The molecular formula is C17H14N4O3. The van der Waals surface area contributed by atoms with Crippen LogP contribution < -0.4 is 4.74 Å².